The summed E-state index contributed by atoms with van der Waals surface area (Å²) >= 11 is 0. The second kappa shape index (κ2) is 10.2. The van der Waals surface area contributed by atoms with E-state index in [-0.39, 0.29) is 18.1 Å². The van der Waals surface area contributed by atoms with Crippen molar-refractivity contribution in [1.82, 2.24) is 4.90 Å². The number of hydrogen-bond acceptors (Lipinski definition) is 4. The molecule has 0 aromatic rings. The Hall–Kier alpha value is -0.940. The van der Waals surface area contributed by atoms with Crippen LogP contribution in [0.4, 0.5) is 0 Å². The Morgan fingerprint density at radius 2 is 1.47 bits per heavy atom. The molecule has 0 aromatic carbocycles. The lowest BCUT2D eigenvalue weighted by molar-refractivity contribution is -0.136. The third kappa shape index (κ3) is 8.83. The van der Waals surface area contributed by atoms with Crippen molar-refractivity contribution in [2.45, 2.75) is 27.2 Å². The molecule has 0 saturated carbocycles. The van der Waals surface area contributed by atoms with E-state index in [1.54, 1.807) is 4.90 Å². The van der Waals surface area contributed by atoms with Crippen LogP contribution in [0.25, 0.3) is 0 Å². The van der Waals surface area contributed by atoms with Gasteiger partial charge in [0.25, 0.3) is 0 Å². The van der Waals surface area contributed by atoms with Gasteiger partial charge in [0.2, 0.25) is 5.91 Å². The van der Waals surface area contributed by atoms with Crippen LogP contribution in [0, 0.1) is 0 Å². The minimum Gasteiger partial charge on any atom is -0.380 e. The Kier molecular flexibility index (Phi) is 9.66. The molecule has 0 spiro atoms. The number of nitrogens with zero attached hydrogens (tertiary/aromatic N) is 1. The molecule has 100 valence electrons. The Labute approximate surface area is 103 Å². The first-order chi connectivity index (χ1) is 8.11. The first-order valence-electron chi connectivity index (χ1n) is 6.04. The lowest BCUT2D eigenvalue weighted by Crippen LogP contribution is -2.37. The fourth-order valence-electron chi connectivity index (χ4n) is 1.32. The number of amides is 1. The monoisotopic (exact) mass is 245 g/mol. The molecule has 0 aliphatic heterocycles. The highest BCUT2D eigenvalue weighted by Gasteiger charge is 2.14. The van der Waals surface area contributed by atoms with Gasteiger partial charge in [-0.25, -0.2) is 0 Å². The highest BCUT2D eigenvalue weighted by molar-refractivity contribution is 5.96. The van der Waals surface area contributed by atoms with Crippen LogP contribution >= 0.6 is 0 Å². The van der Waals surface area contributed by atoms with Gasteiger partial charge in [-0.15, -0.1) is 0 Å². The minimum absolute atomic E-state index is 0.0434. The molecule has 0 radical (unpaired) electrons. The van der Waals surface area contributed by atoms with Crippen molar-refractivity contribution in [3.8, 4) is 0 Å². The van der Waals surface area contributed by atoms with Gasteiger partial charge in [-0.1, -0.05) is 0 Å². The third-order valence-corrected chi connectivity index (χ3v) is 2.17. The standard InChI is InChI=1S/C12H23NO4/c1-4-16-8-6-13(7-9-17-5-2)12(15)10-11(3)14/h4-10H2,1-3H3. The molecule has 0 N–H and O–H groups in total. The van der Waals surface area contributed by atoms with E-state index in [4.69, 9.17) is 9.47 Å². The van der Waals surface area contributed by atoms with Gasteiger partial charge in [0.05, 0.1) is 19.6 Å². The Bertz CT molecular complexity index is 221. The topological polar surface area (TPSA) is 55.8 Å². The van der Waals surface area contributed by atoms with Gasteiger partial charge >= 0.3 is 0 Å². The molecule has 1 amide bonds. The molecule has 5 heteroatoms. The predicted molar refractivity (Wildman–Crippen MR) is 64.9 cm³/mol. The zero-order chi connectivity index (χ0) is 13.1. The number of hydrogen-bond donors (Lipinski definition) is 0. The van der Waals surface area contributed by atoms with Crippen LogP contribution in [-0.4, -0.2) is 56.1 Å². The average molecular weight is 245 g/mol. The summed E-state index contributed by atoms with van der Waals surface area (Å²) in [6.45, 7) is 8.48. The summed E-state index contributed by atoms with van der Waals surface area (Å²) in [4.78, 5) is 24.3. The Balaban J connectivity index is 4.07. The summed E-state index contributed by atoms with van der Waals surface area (Å²) in [6, 6.07) is 0. The molecule has 0 fully saturated rings. The van der Waals surface area contributed by atoms with E-state index >= 15 is 0 Å². The van der Waals surface area contributed by atoms with Crippen molar-refractivity contribution in [3.05, 3.63) is 0 Å². The van der Waals surface area contributed by atoms with E-state index in [1.807, 2.05) is 13.8 Å². The summed E-state index contributed by atoms with van der Waals surface area (Å²) in [5, 5.41) is 0. The van der Waals surface area contributed by atoms with E-state index in [9.17, 15) is 9.59 Å². The molecule has 5 nitrogen and oxygen atoms in total. The average Bonchev–Trinajstić information content (AvgIpc) is 2.26. The van der Waals surface area contributed by atoms with Gasteiger partial charge < -0.3 is 14.4 Å². The van der Waals surface area contributed by atoms with Gasteiger partial charge in [0.15, 0.2) is 0 Å². The van der Waals surface area contributed by atoms with Crippen molar-refractivity contribution >= 4 is 11.7 Å². The maximum Gasteiger partial charge on any atom is 0.230 e. The van der Waals surface area contributed by atoms with Crippen LogP contribution in [0.2, 0.25) is 0 Å². The molecule has 0 heterocycles. The van der Waals surface area contributed by atoms with Crippen molar-refractivity contribution in [1.29, 1.82) is 0 Å². The zero-order valence-electron chi connectivity index (χ0n) is 11.0. The fraction of sp³-hybridized carbons (Fsp3) is 0.833. The van der Waals surface area contributed by atoms with Gasteiger partial charge in [-0.05, 0) is 20.8 Å². The molecule has 17 heavy (non-hydrogen) atoms. The van der Waals surface area contributed by atoms with Crippen LogP contribution in [0.1, 0.15) is 27.2 Å². The molecule has 0 unspecified atom stereocenters. The lowest BCUT2D eigenvalue weighted by atomic mass is 10.3. The molecule has 0 saturated heterocycles. The van der Waals surface area contributed by atoms with E-state index in [2.05, 4.69) is 0 Å². The van der Waals surface area contributed by atoms with E-state index < -0.39 is 0 Å². The van der Waals surface area contributed by atoms with E-state index in [0.717, 1.165) is 0 Å². The molecule has 0 aromatic heterocycles. The van der Waals surface area contributed by atoms with Gasteiger partial charge in [-0.3, -0.25) is 9.59 Å². The second-order valence-electron chi connectivity index (χ2n) is 3.65. The third-order valence-electron chi connectivity index (χ3n) is 2.17. The zero-order valence-corrected chi connectivity index (χ0v) is 11.0. The number of ether oxygens (including phenoxy) is 2. The molecule has 0 atom stereocenters. The maximum absolute atomic E-state index is 11.7. The second-order valence-corrected chi connectivity index (χ2v) is 3.65. The molecular formula is C12H23NO4. The predicted octanol–water partition coefficient (Wildman–Crippen LogP) is 0.867. The van der Waals surface area contributed by atoms with Crippen LogP contribution < -0.4 is 0 Å². The number of carbonyl (C=O) groups excluding carboxylic acids is 2. The van der Waals surface area contributed by atoms with Crippen LogP contribution in [0.5, 0.6) is 0 Å². The Morgan fingerprint density at radius 1 is 1.00 bits per heavy atom. The van der Waals surface area contributed by atoms with Crippen LogP contribution in [0.3, 0.4) is 0 Å². The van der Waals surface area contributed by atoms with Gasteiger partial charge in [0, 0.05) is 26.3 Å². The fourth-order valence-corrected chi connectivity index (χ4v) is 1.32. The van der Waals surface area contributed by atoms with E-state index in [1.165, 1.54) is 6.92 Å². The summed E-state index contributed by atoms with van der Waals surface area (Å²) in [5.41, 5.74) is 0. The quantitative estimate of drug-likeness (QED) is 0.423. The van der Waals surface area contributed by atoms with E-state index in [0.29, 0.717) is 39.5 Å². The van der Waals surface area contributed by atoms with Crippen molar-refractivity contribution < 1.29 is 19.1 Å². The van der Waals surface area contributed by atoms with Crippen molar-refractivity contribution in [2.75, 3.05) is 39.5 Å². The molecule has 0 bridgehead atoms. The minimum atomic E-state index is -0.156. The normalized spacial score (nSPS) is 10.3. The summed E-state index contributed by atoms with van der Waals surface area (Å²) < 4.78 is 10.4. The summed E-state index contributed by atoms with van der Waals surface area (Å²) in [6.07, 6.45) is -0.0434. The number of Topliss-reactive ketones (excluding diaryl/α,β-unsaturated/α-hetero) is 1. The number of ketones is 1. The van der Waals surface area contributed by atoms with Gasteiger partial charge in [-0.2, -0.15) is 0 Å². The molecule has 0 aliphatic rings. The molecular weight excluding hydrogens is 222 g/mol. The number of rotatable bonds is 10. The van der Waals surface area contributed by atoms with Crippen LogP contribution in [0.15, 0.2) is 0 Å². The highest BCUT2D eigenvalue weighted by atomic mass is 16.5. The number of carbonyl (C=O) groups is 2. The molecule has 0 rings (SSSR count). The Morgan fingerprint density at radius 3 is 1.82 bits per heavy atom. The van der Waals surface area contributed by atoms with Crippen LogP contribution in [-0.2, 0) is 19.1 Å². The first kappa shape index (κ1) is 16.1. The maximum atomic E-state index is 11.7. The molecule has 0 aliphatic carbocycles. The highest BCUT2D eigenvalue weighted by Crippen LogP contribution is 1.96. The SMILES string of the molecule is CCOCCN(CCOCC)C(=O)CC(C)=O. The van der Waals surface area contributed by atoms with Crippen molar-refractivity contribution in [2.24, 2.45) is 0 Å². The lowest BCUT2D eigenvalue weighted by Gasteiger charge is -2.22. The van der Waals surface area contributed by atoms with Crippen molar-refractivity contribution in [3.63, 3.8) is 0 Å². The largest absolute Gasteiger partial charge is 0.380 e. The summed E-state index contributed by atoms with van der Waals surface area (Å²) in [7, 11) is 0. The summed E-state index contributed by atoms with van der Waals surface area (Å²) in [5.74, 6) is -0.273. The van der Waals surface area contributed by atoms with Gasteiger partial charge in [0.1, 0.15) is 5.78 Å². The smallest absolute Gasteiger partial charge is 0.230 e. The first-order valence-corrected chi connectivity index (χ1v) is 6.04.